The second-order valence-electron chi connectivity index (χ2n) is 4.57. The molecule has 1 heterocycles. The summed E-state index contributed by atoms with van der Waals surface area (Å²) in [6, 6.07) is 0. The number of likely N-dealkylation sites (tertiary alicyclic amines) is 1. The van der Waals surface area contributed by atoms with Gasteiger partial charge in [0, 0.05) is 18.6 Å². The van der Waals surface area contributed by atoms with E-state index in [0.717, 1.165) is 25.9 Å². The molecule has 0 amide bonds. The van der Waals surface area contributed by atoms with E-state index in [-0.39, 0.29) is 5.54 Å². The summed E-state index contributed by atoms with van der Waals surface area (Å²) in [7, 11) is 2.02. The standard InChI is InChI=1S/C9H18N2O.C2H6/c1-11-6-9(12,7-11)8(10)4-2-3-5-8;1-2/h12H,2-7,10H2,1H3;1-2H3. The zero-order valence-corrected chi connectivity index (χ0v) is 9.71. The van der Waals surface area contributed by atoms with Crippen molar-refractivity contribution in [3.63, 3.8) is 0 Å². The van der Waals surface area contributed by atoms with Crippen LogP contribution in [-0.2, 0) is 0 Å². The molecule has 0 spiro atoms. The highest BCUT2D eigenvalue weighted by atomic mass is 16.3. The molecule has 3 heteroatoms. The van der Waals surface area contributed by atoms with Crippen molar-refractivity contribution < 1.29 is 5.11 Å². The van der Waals surface area contributed by atoms with E-state index >= 15 is 0 Å². The summed E-state index contributed by atoms with van der Waals surface area (Å²) in [6.07, 6.45) is 4.36. The van der Waals surface area contributed by atoms with E-state index in [9.17, 15) is 5.11 Å². The molecular weight excluding hydrogens is 176 g/mol. The fraction of sp³-hybridized carbons (Fsp3) is 1.00. The lowest BCUT2D eigenvalue weighted by atomic mass is 9.74. The largest absolute Gasteiger partial charge is 0.385 e. The lowest BCUT2D eigenvalue weighted by Gasteiger charge is -2.53. The maximum absolute atomic E-state index is 10.2. The molecule has 1 aliphatic carbocycles. The lowest BCUT2D eigenvalue weighted by molar-refractivity contribution is -0.135. The molecule has 2 fully saturated rings. The van der Waals surface area contributed by atoms with Gasteiger partial charge in [-0.2, -0.15) is 0 Å². The third-order valence-corrected chi connectivity index (χ3v) is 3.49. The number of rotatable bonds is 1. The second kappa shape index (κ2) is 4.17. The van der Waals surface area contributed by atoms with Crippen molar-refractivity contribution in [2.75, 3.05) is 20.1 Å². The molecule has 3 nitrogen and oxygen atoms in total. The van der Waals surface area contributed by atoms with Crippen LogP contribution >= 0.6 is 0 Å². The summed E-state index contributed by atoms with van der Waals surface area (Å²) in [5.41, 5.74) is 5.32. The van der Waals surface area contributed by atoms with Gasteiger partial charge in [0.2, 0.25) is 0 Å². The molecule has 1 saturated heterocycles. The Morgan fingerprint density at radius 1 is 1.14 bits per heavy atom. The van der Waals surface area contributed by atoms with Gasteiger partial charge in [0.1, 0.15) is 5.60 Å². The Labute approximate surface area is 87.3 Å². The monoisotopic (exact) mass is 200 g/mol. The summed E-state index contributed by atoms with van der Waals surface area (Å²) < 4.78 is 0. The Kier molecular flexibility index (Phi) is 3.56. The van der Waals surface area contributed by atoms with Crippen LogP contribution in [0.5, 0.6) is 0 Å². The topological polar surface area (TPSA) is 49.5 Å². The molecule has 3 N–H and O–H groups in total. The van der Waals surface area contributed by atoms with Gasteiger partial charge >= 0.3 is 0 Å². The van der Waals surface area contributed by atoms with Gasteiger partial charge in [-0.3, -0.25) is 0 Å². The molecular formula is C11H24N2O. The third-order valence-electron chi connectivity index (χ3n) is 3.49. The lowest BCUT2D eigenvalue weighted by Crippen LogP contribution is -2.74. The minimum absolute atomic E-state index is 0.278. The van der Waals surface area contributed by atoms with E-state index in [4.69, 9.17) is 5.73 Å². The van der Waals surface area contributed by atoms with Gasteiger partial charge in [-0.05, 0) is 19.9 Å². The van der Waals surface area contributed by atoms with Gasteiger partial charge in [-0.25, -0.2) is 0 Å². The highest BCUT2D eigenvalue weighted by Gasteiger charge is 2.54. The average molecular weight is 200 g/mol. The fourth-order valence-electron chi connectivity index (χ4n) is 2.63. The number of likely N-dealkylation sites (N-methyl/N-ethyl adjacent to an activating group) is 1. The summed E-state index contributed by atoms with van der Waals surface area (Å²) in [5, 5.41) is 10.2. The average Bonchev–Trinajstić information content (AvgIpc) is 2.55. The second-order valence-corrected chi connectivity index (χ2v) is 4.57. The van der Waals surface area contributed by atoms with Crippen molar-refractivity contribution in [1.82, 2.24) is 4.90 Å². The quantitative estimate of drug-likeness (QED) is 0.663. The number of β-amino-alcohol motifs (C(OH)–C–C–N with tert-alkyl or cyclic N) is 1. The third kappa shape index (κ3) is 1.81. The van der Waals surface area contributed by atoms with Crippen molar-refractivity contribution in [2.24, 2.45) is 5.73 Å². The molecule has 0 aromatic heterocycles. The van der Waals surface area contributed by atoms with Crippen molar-refractivity contribution in [2.45, 2.75) is 50.7 Å². The maximum atomic E-state index is 10.2. The minimum atomic E-state index is -0.585. The Hall–Kier alpha value is -0.120. The van der Waals surface area contributed by atoms with Crippen molar-refractivity contribution in [1.29, 1.82) is 0 Å². The maximum Gasteiger partial charge on any atom is 0.108 e. The molecule has 0 bridgehead atoms. The molecule has 0 atom stereocenters. The Bertz CT molecular complexity index is 182. The van der Waals surface area contributed by atoms with Crippen molar-refractivity contribution in [3.8, 4) is 0 Å². The predicted octanol–water partition coefficient (Wildman–Crippen LogP) is 0.961. The van der Waals surface area contributed by atoms with E-state index in [1.165, 1.54) is 12.8 Å². The van der Waals surface area contributed by atoms with E-state index < -0.39 is 5.60 Å². The van der Waals surface area contributed by atoms with Gasteiger partial charge in [-0.15, -0.1) is 0 Å². The first kappa shape index (κ1) is 12.0. The summed E-state index contributed by atoms with van der Waals surface area (Å²) in [6.45, 7) is 5.51. The van der Waals surface area contributed by atoms with Gasteiger partial charge in [0.15, 0.2) is 0 Å². The molecule has 0 unspecified atom stereocenters. The zero-order valence-electron chi connectivity index (χ0n) is 9.71. The van der Waals surface area contributed by atoms with E-state index in [2.05, 4.69) is 4.90 Å². The molecule has 84 valence electrons. The first-order valence-corrected chi connectivity index (χ1v) is 5.76. The minimum Gasteiger partial charge on any atom is -0.385 e. The van der Waals surface area contributed by atoms with Crippen LogP contribution < -0.4 is 5.73 Å². The molecule has 1 saturated carbocycles. The molecule has 0 aromatic rings. The summed E-state index contributed by atoms with van der Waals surface area (Å²) in [5.74, 6) is 0. The first-order chi connectivity index (χ1) is 6.56. The summed E-state index contributed by atoms with van der Waals surface area (Å²) in [4.78, 5) is 2.12. The molecule has 0 aromatic carbocycles. The van der Waals surface area contributed by atoms with Crippen LogP contribution in [0.1, 0.15) is 39.5 Å². The highest BCUT2D eigenvalue weighted by molar-refractivity contribution is 5.13. The van der Waals surface area contributed by atoms with Crippen molar-refractivity contribution >= 4 is 0 Å². The molecule has 1 aliphatic heterocycles. The van der Waals surface area contributed by atoms with Crippen LogP contribution in [0, 0.1) is 0 Å². The first-order valence-electron chi connectivity index (χ1n) is 5.76. The zero-order chi connectivity index (χ0) is 10.8. The number of aliphatic hydroxyl groups is 1. The molecule has 0 radical (unpaired) electrons. The van der Waals surface area contributed by atoms with Crippen molar-refractivity contribution in [3.05, 3.63) is 0 Å². The van der Waals surface area contributed by atoms with Crippen LogP contribution in [0.2, 0.25) is 0 Å². The summed E-state index contributed by atoms with van der Waals surface area (Å²) >= 11 is 0. The van der Waals surface area contributed by atoms with Gasteiger partial charge in [0.25, 0.3) is 0 Å². The number of nitrogens with two attached hydrogens (primary N) is 1. The van der Waals surface area contributed by atoms with Crippen LogP contribution in [-0.4, -0.2) is 41.3 Å². The van der Waals surface area contributed by atoms with Crippen LogP contribution in [0.15, 0.2) is 0 Å². The molecule has 2 aliphatic rings. The number of hydrogen-bond donors (Lipinski definition) is 2. The SMILES string of the molecule is CC.CN1CC(O)(C2(N)CCCC2)C1. The smallest absolute Gasteiger partial charge is 0.108 e. The van der Waals surface area contributed by atoms with E-state index in [1.807, 2.05) is 20.9 Å². The predicted molar refractivity (Wildman–Crippen MR) is 59.2 cm³/mol. The van der Waals surface area contributed by atoms with Gasteiger partial charge in [-0.1, -0.05) is 26.7 Å². The van der Waals surface area contributed by atoms with E-state index in [0.29, 0.717) is 0 Å². The Morgan fingerprint density at radius 3 is 1.93 bits per heavy atom. The molecule has 14 heavy (non-hydrogen) atoms. The number of nitrogens with zero attached hydrogens (tertiary/aromatic N) is 1. The fourth-order valence-corrected chi connectivity index (χ4v) is 2.63. The highest BCUT2D eigenvalue weighted by Crippen LogP contribution is 2.40. The Morgan fingerprint density at radius 2 is 1.57 bits per heavy atom. The van der Waals surface area contributed by atoms with Crippen LogP contribution in [0.25, 0.3) is 0 Å². The molecule has 2 rings (SSSR count). The van der Waals surface area contributed by atoms with Crippen LogP contribution in [0.4, 0.5) is 0 Å². The van der Waals surface area contributed by atoms with Gasteiger partial charge in [0.05, 0.1) is 0 Å². The van der Waals surface area contributed by atoms with Gasteiger partial charge < -0.3 is 15.7 Å². The van der Waals surface area contributed by atoms with Crippen LogP contribution in [0.3, 0.4) is 0 Å². The normalized spacial score (nSPS) is 28.9. The van der Waals surface area contributed by atoms with E-state index in [1.54, 1.807) is 0 Å². The number of hydrogen-bond acceptors (Lipinski definition) is 3. The Balaban J connectivity index is 0.000000461.